The molecule has 0 amide bonds. The van der Waals surface area contributed by atoms with Crippen LogP contribution in [0.5, 0.6) is 0 Å². The Morgan fingerprint density at radius 1 is 0.950 bits per heavy atom. The molecular weight excluding hydrogens is 315 g/mol. The molecule has 2 rings (SSSR count). The highest BCUT2D eigenvalue weighted by atomic mass is 35.5. The van der Waals surface area contributed by atoms with Crippen LogP contribution in [0.4, 0.5) is 0 Å². The maximum absolute atomic E-state index is 12.2. The summed E-state index contributed by atoms with van der Waals surface area (Å²) in [5.41, 5.74) is 0.903. The number of carbonyl (C=O) groups excluding carboxylic acids is 1. The van der Waals surface area contributed by atoms with Gasteiger partial charge in [-0.25, -0.2) is 0 Å². The molecule has 0 aliphatic carbocycles. The van der Waals surface area contributed by atoms with Gasteiger partial charge in [0.2, 0.25) is 0 Å². The third-order valence-corrected chi connectivity index (χ3v) is 5.02. The second-order valence-corrected chi connectivity index (χ2v) is 6.44. The zero-order valence-corrected chi connectivity index (χ0v) is 12.8. The average Bonchev–Trinajstić information content (AvgIpc) is 2.39. The molecule has 2 nitrogen and oxygen atoms in total. The number of Topliss-reactive ketones (excluding diaryl/α,β-unsaturated/α-hetero) is 1. The summed E-state index contributed by atoms with van der Waals surface area (Å²) in [6.07, 6.45) is 0.259. The number of hydrogen-bond acceptors (Lipinski definition) is 2. The van der Waals surface area contributed by atoms with Crippen molar-refractivity contribution >= 4 is 39.8 Å². The van der Waals surface area contributed by atoms with Gasteiger partial charge in [0.05, 0.1) is 31.5 Å². The van der Waals surface area contributed by atoms with Crippen molar-refractivity contribution in [3.8, 4) is 0 Å². The molecule has 0 radical (unpaired) electrons. The fourth-order valence-electron chi connectivity index (χ4n) is 1.79. The lowest BCUT2D eigenvalue weighted by Gasteiger charge is -2.06. The van der Waals surface area contributed by atoms with Gasteiger partial charge >= 0.3 is 0 Å². The fourth-order valence-corrected chi connectivity index (χ4v) is 3.82. The van der Waals surface area contributed by atoms with Crippen LogP contribution in [-0.4, -0.2) is 15.7 Å². The molecule has 0 heterocycles. The van der Waals surface area contributed by atoms with Gasteiger partial charge in [0, 0.05) is 6.42 Å². The first-order valence-electron chi connectivity index (χ1n) is 5.96. The monoisotopic (exact) mass is 326 g/mol. The van der Waals surface area contributed by atoms with Gasteiger partial charge in [-0.05, 0) is 17.7 Å². The van der Waals surface area contributed by atoms with Crippen LogP contribution in [0.1, 0.15) is 5.56 Å². The van der Waals surface area contributed by atoms with Crippen molar-refractivity contribution in [1.82, 2.24) is 0 Å². The summed E-state index contributed by atoms with van der Waals surface area (Å²) in [6.45, 7) is 0. The van der Waals surface area contributed by atoms with Crippen molar-refractivity contribution in [3.63, 3.8) is 0 Å². The first-order chi connectivity index (χ1) is 9.58. The van der Waals surface area contributed by atoms with Gasteiger partial charge < -0.3 is 0 Å². The summed E-state index contributed by atoms with van der Waals surface area (Å²) >= 11 is 12.0. The first-order valence-corrected chi connectivity index (χ1v) is 8.03. The van der Waals surface area contributed by atoms with Crippen molar-refractivity contribution in [2.24, 2.45) is 0 Å². The molecule has 104 valence electrons. The number of hydrogen-bond donors (Lipinski definition) is 0. The molecule has 0 aliphatic rings. The summed E-state index contributed by atoms with van der Waals surface area (Å²) in [4.78, 5) is 12.3. The van der Waals surface area contributed by atoms with Crippen LogP contribution in [0.3, 0.4) is 0 Å². The van der Waals surface area contributed by atoms with Crippen LogP contribution in [0.15, 0.2) is 53.4 Å². The quantitative estimate of drug-likeness (QED) is 0.834. The van der Waals surface area contributed by atoms with E-state index >= 15 is 0 Å². The van der Waals surface area contributed by atoms with E-state index in [0.29, 0.717) is 14.9 Å². The molecule has 2 aromatic rings. The fraction of sp³-hybridized carbons (Fsp3) is 0.133. The number of rotatable bonds is 5. The zero-order chi connectivity index (χ0) is 14.5. The van der Waals surface area contributed by atoms with Crippen molar-refractivity contribution in [2.75, 3.05) is 5.75 Å². The van der Waals surface area contributed by atoms with Crippen molar-refractivity contribution in [3.05, 3.63) is 64.1 Å². The van der Waals surface area contributed by atoms with Gasteiger partial charge in [0.25, 0.3) is 0 Å². The van der Waals surface area contributed by atoms with Crippen molar-refractivity contribution < 1.29 is 9.00 Å². The molecule has 2 aromatic carbocycles. The third-order valence-electron chi connectivity index (χ3n) is 2.68. The van der Waals surface area contributed by atoms with Crippen molar-refractivity contribution in [1.29, 1.82) is 0 Å². The Labute approximate surface area is 130 Å². The molecule has 0 saturated heterocycles. The molecule has 0 N–H and O–H groups in total. The van der Waals surface area contributed by atoms with Crippen LogP contribution in [0, 0.1) is 0 Å². The minimum atomic E-state index is -1.52. The highest BCUT2D eigenvalue weighted by Crippen LogP contribution is 2.27. The molecule has 1 unspecified atom stereocenters. The summed E-state index contributed by atoms with van der Waals surface area (Å²) in [5, 5.41) is 0.645. The molecule has 20 heavy (non-hydrogen) atoms. The Morgan fingerprint density at radius 2 is 1.55 bits per heavy atom. The van der Waals surface area contributed by atoms with Gasteiger partial charge in [-0.3, -0.25) is 9.00 Å². The Balaban J connectivity index is 2.07. The number of benzene rings is 2. The molecule has 1 atom stereocenters. The number of ketones is 1. The molecule has 0 aliphatic heterocycles. The predicted octanol–water partition coefficient (Wildman–Crippen LogP) is 3.91. The van der Waals surface area contributed by atoms with E-state index in [0.717, 1.165) is 5.56 Å². The van der Waals surface area contributed by atoms with E-state index in [1.165, 1.54) is 0 Å². The van der Waals surface area contributed by atoms with Crippen LogP contribution in [-0.2, 0) is 22.0 Å². The molecular formula is C15H12Cl2O2S. The first kappa shape index (κ1) is 15.2. The number of carbonyl (C=O) groups is 1. The summed E-state index contributed by atoms with van der Waals surface area (Å²) in [6, 6.07) is 14.2. The second kappa shape index (κ2) is 7.02. The van der Waals surface area contributed by atoms with E-state index in [1.807, 2.05) is 30.3 Å². The van der Waals surface area contributed by atoms with Crippen LogP contribution in [0.2, 0.25) is 10.0 Å². The Kier molecular flexibility index (Phi) is 5.35. The normalized spacial score (nSPS) is 12.1. The van der Waals surface area contributed by atoms with E-state index in [4.69, 9.17) is 23.2 Å². The lowest BCUT2D eigenvalue weighted by molar-refractivity contribution is -0.116. The SMILES string of the molecule is O=C(Cc1ccccc1)CS(=O)c1c(Cl)cccc1Cl. The predicted molar refractivity (Wildman–Crippen MR) is 82.9 cm³/mol. The molecule has 0 saturated carbocycles. The van der Waals surface area contributed by atoms with Gasteiger partial charge in [0.15, 0.2) is 0 Å². The van der Waals surface area contributed by atoms with Crippen LogP contribution in [0.25, 0.3) is 0 Å². The highest BCUT2D eigenvalue weighted by Gasteiger charge is 2.16. The highest BCUT2D eigenvalue weighted by molar-refractivity contribution is 7.86. The topological polar surface area (TPSA) is 34.1 Å². The van der Waals surface area contributed by atoms with E-state index < -0.39 is 10.8 Å². The Hall–Kier alpha value is -1.16. The summed E-state index contributed by atoms with van der Waals surface area (Å²) in [5.74, 6) is -0.191. The average molecular weight is 327 g/mol. The van der Waals surface area contributed by atoms with E-state index in [1.54, 1.807) is 18.2 Å². The van der Waals surface area contributed by atoms with E-state index in [-0.39, 0.29) is 18.0 Å². The maximum atomic E-state index is 12.2. The van der Waals surface area contributed by atoms with E-state index in [2.05, 4.69) is 0 Å². The lowest BCUT2D eigenvalue weighted by Crippen LogP contribution is -2.13. The molecule has 0 aromatic heterocycles. The number of halogens is 2. The van der Waals surface area contributed by atoms with E-state index in [9.17, 15) is 9.00 Å². The molecule has 5 heteroatoms. The Bertz CT molecular complexity index is 621. The minimum absolute atomic E-state index is 0.0850. The van der Waals surface area contributed by atoms with Gasteiger partial charge in [-0.2, -0.15) is 0 Å². The molecule has 0 bridgehead atoms. The maximum Gasteiger partial charge on any atom is 0.150 e. The van der Waals surface area contributed by atoms with Gasteiger partial charge in [-0.15, -0.1) is 0 Å². The minimum Gasteiger partial charge on any atom is -0.298 e. The second-order valence-electron chi connectivity index (χ2n) is 4.24. The molecule has 0 spiro atoms. The zero-order valence-electron chi connectivity index (χ0n) is 10.5. The Morgan fingerprint density at radius 3 is 2.15 bits per heavy atom. The van der Waals surface area contributed by atoms with Gasteiger partial charge in [0.1, 0.15) is 5.78 Å². The third kappa shape index (κ3) is 3.92. The van der Waals surface area contributed by atoms with Crippen LogP contribution < -0.4 is 0 Å². The van der Waals surface area contributed by atoms with Crippen LogP contribution >= 0.6 is 23.2 Å². The van der Waals surface area contributed by atoms with Gasteiger partial charge in [-0.1, -0.05) is 59.6 Å². The summed E-state index contributed by atoms with van der Waals surface area (Å²) < 4.78 is 12.2. The lowest BCUT2D eigenvalue weighted by atomic mass is 10.1. The molecule has 0 fully saturated rings. The van der Waals surface area contributed by atoms with Crippen molar-refractivity contribution in [2.45, 2.75) is 11.3 Å². The smallest absolute Gasteiger partial charge is 0.150 e. The largest absolute Gasteiger partial charge is 0.298 e. The standard InChI is InChI=1S/C15H12Cl2O2S/c16-13-7-4-8-14(17)15(13)20(19)10-12(18)9-11-5-2-1-3-6-11/h1-8H,9-10H2. The summed E-state index contributed by atoms with van der Waals surface area (Å²) in [7, 11) is -1.52.